The molecule has 13 aromatic heterocycles. The predicted octanol–water partition coefficient (Wildman–Crippen LogP) is 24.6. The van der Waals surface area contributed by atoms with Crippen LogP contribution in [0.25, 0.3) is 136 Å². The van der Waals surface area contributed by atoms with Crippen molar-refractivity contribution in [3.8, 4) is 33.9 Å². The fourth-order valence-corrected chi connectivity index (χ4v) is 18.1. The van der Waals surface area contributed by atoms with Crippen LogP contribution in [0.4, 0.5) is 34.1 Å². The number of fused-ring (bicyclic) bond motifs is 8. The smallest absolute Gasteiger partial charge is 0.264 e. The number of halogens is 3. The Morgan fingerprint density at radius 3 is 1.10 bits per heavy atom. The molecular formula is C109H82Cl3N21O4. The number of aromatic nitrogens is 15. The third kappa shape index (κ3) is 18.1. The van der Waals surface area contributed by atoms with E-state index in [1.165, 1.54) is 6.20 Å². The summed E-state index contributed by atoms with van der Waals surface area (Å²) < 4.78 is 8.59. The molecule has 21 aromatic rings. The molecule has 668 valence electrons. The molecule has 0 aliphatic carbocycles. The van der Waals surface area contributed by atoms with Crippen LogP contribution in [0.2, 0.25) is 15.1 Å². The lowest BCUT2D eigenvalue weighted by Gasteiger charge is -2.23. The van der Waals surface area contributed by atoms with Gasteiger partial charge in [-0.15, -0.1) is 0 Å². The second-order valence-corrected chi connectivity index (χ2v) is 34.0. The van der Waals surface area contributed by atoms with Gasteiger partial charge >= 0.3 is 0 Å². The molecule has 0 bridgehead atoms. The third-order valence-corrected chi connectivity index (χ3v) is 24.6. The summed E-state index contributed by atoms with van der Waals surface area (Å²) >= 11 is 19.3. The summed E-state index contributed by atoms with van der Waals surface area (Å²) in [5.74, 6) is 0.698. The van der Waals surface area contributed by atoms with E-state index in [2.05, 4.69) is 93.4 Å². The number of aryl methyl sites for hydroxylation is 3. The number of nitrogens with zero attached hydrogens (tertiary/aromatic N) is 18. The highest BCUT2D eigenvalue weighted by Gasteiger charge is 2.28. The number of benzene rings is 8. The Bertz CT molecular complexity index is 8720. The largest absolute Gasteiger partial charge is 0.384 e. The van der Waals surface area contributed by atoms with Gasteiger partial charge in [-0.05, 0) is 207 Å². The lowest BCUT2D eigenvalue weighted by atomic mass is 9.97. The zero-order chi connectivity index (χ0) is 95.2. The summed E-state index contributed by atoms with van der Waals surface area (Å²) in [7, 11) is 1.86. The van der Waals surface area contributed by atoms with E-state index in [4.69, 9.17) is 54.5 Å². The standard InChI is InChI=1S/C30H23N7O.C27H20ClN5O.C26H18ClN5O.C26H21ClN4O/c1-19(35-29-25(31-2)17-33-24-13-8-14-32-28(24)29)26-15-20-9-7-12-23(21-16-34-36(3)18-21)27(20)30(38)37(26)22-10-5-4-6-11-22;1-16-7-4-9-19(13-16)33-23(14-18-8-5-10-20(28)24(18)27(33)34)17(2)32-26-22(29-3)15-31-21-11-6-12-30-25(21)26;1-16(31-25-21(28-2)15-30-20-12-7-13-29-24(20)25)22-14-17-8-6-11-19(27)23(17)26(33)32(22)18-9-4-3-5-10-18;1-16(14-22-25-21(12-7-13-28-25)29-17(2)30-22)23-15-18-8-6-11-20(27)24(18)26(32)31(23)19-9-4-3-5-10-19/h4-19H,1,3H3,(H,33,35);4-15,17H,1-2H3,(H,31,32);3-16H,1H3,(H,30,31);3-13,15-16H,14H2,1-2H3/t19-;17-;2*16-/m0001/s1. The molecule has 0 aliphatic rings. The molecule has 0 unspecified atom stereocenters. The highest BCUT2D eigenvalue weighted by Crippen LogP contribution is 2.41. The van der Waals surface area contributed by atoms with Gasteiger partial charge < -0.3 is 16.0 Å². The number of pyridine rings is 11. The molecule has 8 aromatic carbocycles. The molecule has 0 saturated carbocycles. The van der Waals surface area contributed by atoms with Gasteiger partial charge in [0.2, 0.25) is 17.1 Å². The SMILES string of the molecule is Cc1nc(C[C@@H](C)c2cc3cccc(Cl)c3c(=O)n2-c2ccccc2)c2ncccc2n1.[C-]#[N+]c1cnc2cccnc2c1N[C@@H](C)c1cc2cccc(-c3cnn(C)c3)c2c(=O)n1-c1ccccc1.[C-]#[N+]c1cnc2cccnc2c1N[C@@H](C)c1cc2cccc(Cl)c2c(=O)n1-c1cccc(C)c1.[C-]#[N+]c1cnc2cccnc2c1N[C@@H](C)c1cc2cccc(Cl)c2c(=O)n1-c1ccccc1. The van der Waals surface area contributed by atoms with Crippen LogP contribution >= 0.6 is 34.8 Å². The molecule has 0 saturated heterocycles. The average molecular weight is 1860 g/mol. The van der Waals surface area contributed by atoms with Crippen LogP contribution in [0.3, 0.4) is 0 Å². The van der Waals surface area contributed by atoms with Crippen LogP contribution < -0.4 is 38.2 Å². The minimum atomic E-state index is -0.345. The number of anilines is 3. The fourth-order valence-electron chi connectivity index (χ4n) is 17.4. The number of hydrogen-bond acceptors (Lipinski definition) is 17. The van der Waals surface area contributed by atoms with E-state index in [9.17, 15) is 19.2 Å². The summed E-state index contributed by atoms with van der Waals surface area (Å²) in [6, 6.07) is 80.6. The van der Waals surface area contributed by atoms with E-state index in [0.29, 0.717) is 116 Å². The van der Waals surface area contributed by atoms with Crippen molar-refractivity contribution in [2.24, 2.45) is 7.05 Å². The zero-order valence-corrected chi connectivity index (χ0v) is 77.1. The molecule has 0 amide bonds. The summed E-state index contributed by atoms with van der Waals surface area (Å²) in [4.78, 5) is 106. The maximum Gasteiger partial charge on any atom is 0.264 e. The van der Waals surface area contributed by atoms with Crippen molar-refractivity contribution < 1.29 is 0 Å². The Morgan fingerprint density at radius 2 is 0.708 bits per heavy atom. The fraction of sp³-hybridized carbons (Fsp3) is 0.110. The number of rotatable bonds is 17. The number of para-hydroxylation sites is 3. The number of nitrogens with one attached hydrogen (secondary N) is 3. The highest BCUT2D eigenvalue weighted by atomic mass is 35.5. The van der Waals surface area contributed by atoms with E-state index in [-0.39, 0.29) is 46.3 Å². The molecule has 4 atom stereocenters. The molecule has 3 N–H and O–H groups in total. The highest BCUT2D eigenvalue weighted by molar-refractivity contribution is 6.36. The predicted molar refractivity (Wildman–Crippen MR) is 548 cm³/mol. The molecule has 21 rings (SSSR count). The Hall–Kier alpha value is -17.3. The van der Waals surface area contributed by atoms with Crippen LogP contribution in [0.1, 0.15) is 91.6 Å². The molecule has 0 spiro atoms. The van der Waals surface area contributed by atoms with Gasteiger partial charge in [-0.2, -0.15) is 5.10 Å². The normalized spacial score (nSPS) is 12.0. The van der Waals surface area contributed by atoms with Gasteiger partial charge in [0.05, 0.1) is 125 Å². The van der Waals surface area contributed by atoms with Crippen LogP contribution in [-0.4, -0.2) is 72.9 Å². The van der Waals surface area contributed by atoms with Gasteiger partial charge in [0.1, 0.15) is 27.9 Å². The molecule has 25 nitrogen and oxygen atoms in total. The van der Waals surface area contributed by atoms with Crippen molar-refractivity contribution in [1.82, 2.24) is 72.9 Å². The van der Waals surface area contributed by atoms with Gasteiger partial charge in [-0.25, -0.2) is 24.5 Å². The van der Waals surface area contributed by atoms with Gasteiger partial charge in [0, 0.05) is 120 Å². The second-order valence-electron chi connectivity index (χ2n) is 32.8. The molecular weight excluding hydrogens is 1770 g/mol. The summed E-state index contributed by atoms with van der Waals surface area (Å²) in [6.45, 7) is 34.8. The molecule has 28 heteroatoms. The zero-order valence-electron chi connectivity index (χ0n) is 74.9. The summed E-state index contributed by atoms with van der Waals surface area (Å²) in [5.41, 5.74) is 17.5. The van der Waals surface area contributed by atoms with Crippen molar-refractivity contribution in [2.45, 2.75) is 72.0 Å². The molecule has 0 fully saturated rings. The minimum absolute atomic E-state index is 0.00852. The Balaban J connectivity index is 0.000000122. The van der Waals surface area contributed by atoms with Crippen molar-refractivity contribution >= 4 is 156 Å². The van der Waals surface area contributed by atoms with E-state index in [0.717, 1.165) is 100 Å². The van der Waals surface area contributed by atoms with Crippen LogP contribution in [0.5, 0.6) is 0 Å². The van der Waals surface area contributed by atoms with Crippen LogP contribution in [0.15, 0.2) is 336 Å². The van der Waals surface area contributed by atoms with Crippen LogP contribution in [0, 0.1) is 33.6 Å². The Kier molecular flexibility index (Phi) is 25.9. The van der Waals surface area contributed by atoms with Crippen molar-refractivity contribution in [1.29, 1.82) is 0 Å². The first-order valence-electron chi connectivity index (χ1n) is 43.8. The average Bonchev–Trinajstić information content (AvgIpc) is 1.17. The van der Waals surface area contributed by atoms with E-state index >= 15 is 0 Å². The Morgan fingerprint density at radius 1 is 0.358 bits per heavy atom. The maximum absolute atomic E-state index is 14.3. The monoisotopic (exact) mass is 1850 g/mol. The second kappa shape index (κ2) is 39.3. The Labute approximate surface area is 799 Å². The molecule has 137 heavy (non-hydrogen) atoms. The maximum atomic E-state index is 14.3. The summed E-state index contributed by atoms with van der Waals surface area (Å²) in [5, 5.41) is 21.2. The molecule has 0 radical (unpaired) electrons. The lowest BCUT2D eigenvalue weighted by molar-refractivity contribution is 0.684. The number of hydrogen-bond donors (Lipinski definition) is 3. The minimum Gasteiger partial charge on any atom is -0.384 e. The molecule has 13 heterocycles. The van der Waals surface area contributed by atoms with Gasteiger partial charge in [-0.3, -0.25) is 77.0 Å². The van der Waals surface area contributed by atoms with Crippen molar-refractivity contribution in [2.75, 3.05) is 16.0 Å². The van der Waals surface area contributed by atoms with Crippen LogP contribution in [-0.2, 0) is 13.5 Å². The van der Waals surface area contributed by atoms with E-state index in [1.807, 2.05) is 278 Å². The van der Waals surface area contributed by atoms with E-state index in [1.54, 1.807) is 90.6 Å². The topological polar surface area (TPSA) is 271 Å². The van der Waals surface area contributed by atoms with Gasteiger partial charge in [0.25, 0.3) is 22.2 Å². The van der Waals surface area contributed by atoms with Crippen molar-refractivity contribution in [3.05, 3.63) is 447 Å². The van der Waals surface area contributed by atoms with Gasteiger partial charge in [0.15, 0.2) is 0 Å². The first kappa shape index (κ1) is 90.3. The first-order chi connectivity index (χ1) is 66.6. The first-order valence-corrected chi connectivity index (χ1v) is 44.9. The quantitative estimate of drug-likeness (QED) is 0.0715. The van der Waals surface area contributed by atoms with Gasteiger partial charge in [-0.1, -0.05) is 163 Å². The third-order valence-electron chi connectivity index (χ3n) is 23.7. The molecule has 0 aliphatic heterocycles. The summed E-state index contributed by atoms with van der Waals surface area (Å²) in [6.07, 6.45) is 15.7. The van der Waals surface area contributed by atoms with E-state index < -0.39 is 0 Å². The van der Waals surface area contributed by atoms with Crippen molar-refractivity contribution in [3.63, 3.8) is 0 Å². The lowest BCUT2D eigenvalue weighted by Crippen LogP contribution is -2.26.